The van der Waals surface area contributed by atoms with Gasteiger partial charge in [-0.2, -0.15) is 0 Å². The highest BCUT2D eigenvalue weighted by Crippen LogP contribution is 2.16. The molecule has 3 amide bonds. The summed E-state index contributed by atoms with van der Waals surface area (Å²) < 4.78 is 4.96. The molecule has 7 heteroatoms. The van der Waals surface area contributed by atoms with Crippen molar-refractivity contribution >= 4 is 17.7 Å². The lowest BCUT2D eigenvalue weighted by atomic mass is 10.0. The molecule has 0 spiro atoms. The van der Waals surface area contributed by atoms with E-state index in [-0.39, 0.29) is 18.2 Å². The van der Waals surface area contributed by atoms with Gasteiger partial charge in [0.15, 0.2) is 0 Å². The molecule has 1 N–H and O–H groups in total. The maximum absolute atomic E-state index is 12.3. The van der Waals surface area contributed by atoms with Crippen LogP contribution in [-0.4, -0.2) is 47.8 Å². The van der Waals surface area contributed by atoms with Crippen LogP contribution in [0.15, 0.2) is 18.3 Å². The summed E-state index contributed by atoms with van der Waals surface area (Å²) in [5.41, 5.74) is 0.379. The second kappa shape index (κ2) is 5.68. The average Bonchev–Trinajstić information content (AvgIpc) is 2.46. The lowest BCUT2D eigenvalue weighted by Gasteiger charge is -2.29. The van der Waals surface area contributed by atoms with Gasteiger partial charge in [0.2, 0.25) is 17.7 Å². The molecule has 0 aliphatic carbocycles. The number of carbonyl (C=O) groups excluding carboxylic acids is 3. The highest BCUT2D eigenvalue weighted by molar-refractivity contribution is 6.03. The zero-order valence-corrected chi connectivity index (χ0v) is 11.3. The number of imide groups is 1. The topological polar surface area (TPSA) is 88.6 Å². The first-order chi connectivity index (χ1) is 9.52. The summed E-state index contributed by atoms with van der Waals surface area (Å²) in [6, 6.07) is 2.41. The van der Waals surface area contributed by atoms with Crippen molar-refractivity contribution in [3.63, 3.8) is 0 Å². The van der Waals surface area contributed by atoms with Gasteiger partial charge in [-0.15, -0.1) is 0 Å². The minimum absolute atomic E-state index is 0.230. The monoisotopic (exact) mass is 277 g/mol. The molecule has 2 heterocycles. The number of rotatable bonds is 3. The number of ether oxygens (including phenoxy) is 1. The molecule has 1 saturated heterocycles. The van der Waals surface area contributed by atoms with Crippen LogP contribution in [0.1, 0.15) is 23.2 Å². The second-order valence-corrected chi connectivity index (χ2v) is 4.47. The maximum Gasteiger partial charge on any atom is 0.254 e. The van der Waals surface area contributed by atoms with Crippen LogP contribution in [0.4, 0.5) is 0 Å². The Morgan fingerprint density at radius 2 is 2.25 bits per heavy atom. The Kier molecular flexibility index (Phi) is 3.97. The Morgan fingerprint density at radius 1 is 1.50 bits per heavy atom. The Balaban J connectivity index is 2.15. The SMILES string of the molecule is COc1cc(C(=O)N(C)C2CCC(=O)NC2=O)ccn1. The Morgan fingerprint density at radius 3 is 2.90 bits per heavy atom. The fourth-order valence-electron chi connectivity index (χ4n) is 2.05. The molecule has 1 aliphatic heterocycles. The summed E-state index contributed by atoms with van der Waals surface area (Å²) in [6.45, 7) is 0. The van der Waals surface area contributed by atoms with Crippen molar-refractivity contribution in [3.05, 3.63) is 23.9 Å². The molecule has 1 fully saturated rings. The normalized spacial score (nSPS) is 18.4. The summed E-state index contributed by atoms with van der Waals surface area (Å²) in [6.07, 6.45) is 2.02. The number of pyridine rings is 1. The van der Waals surface area contributed by atoms with Gasteiger partial charge in [-0.25, -0.2) is 4.98 Å². The van der Waals surface area contributed by atoms with Crippen LogP contribution in [0.2, 0.25) is 0 Å². The van der Waals surface area contributed by atoms with Crippen molar-refractivity contribution in [3.8, 4) is 5.88 Å². The molecule has 1 unspecified atom stereocenters. The number of likely N-dealkylation sites (N-methyl/N-ethyl adjacent to an activating group) is 1. The molecule has 0 aromatic carbocycles. The van der Waals surface area contributed by atoms with Gasteiger partial charge in [-0.05, 0) is 12.5 Å². The van der Waals surface area contributed by atoms with Gasteiger partial charge in [0, 0.05) is 31.3 Å². The second-order valence-electron chi connectivity index (χ2n) is 4.47. The van der Waals surface area contributed by atoms with Crippen molar-refractivity contribution in [2.75, 3.05) is 14.2 Å². The van der Waals surface area contributed by atoms with E-state index in [1.165, 1.54) is 31.3 Å². The van der Waals surface area contributed by atoms with E-state index in [1.807, 2.05) is 0 Å². The zero-order chi connectivity index (χ0) is 14.7. The number of amides is 3. The standard InChI is InChI=1S/C13H15N3O4/c1-16(9-3-4-10(17)15-12(9)18)13(19)8-5-6-14-11(7-8)20-2/h5-7,9H,3-4H2,1-2H3,(H,15,17,18). The van der Waals surface area contributed by atoms with Crippen LogP contribution in [-0.2, 0) is 9.59 Å². The first-order valence-corrected chi connectivity index (χ1v) is 6.14. The molecule has 0 saturated carbocycles. The Bertz CT molecular complexity index is 558. The third-order valence-corrected chi connectivity index (χ3v) is 3.19. The summed E-state index contributed by atoms with van der Waals surface area (Å²) >= 11 is 0. The van der Waals surface area contributed by atoms with Crippen molar-refractivity contribution in [2.45, 2.75) is 18.9 Å². The Labute approximate surface area is 115 Å². The number of hydrogen-bond acceptors (Lipinski definition) is 5. The molecule has 1 aliphatic rings. The smallest absolute Gasteiger partial charge is 0.254 e. The zero-order valence-electron chi connectivity index (χ0n) is 11.3. The van der Waals surface area contributed by atoms with E-state index in [4.69, 9.17) is 4.74 Å². The molecule has 7 nitrogen and oxygen atoms in total. The number of methoxy groups -OCH3 is 1. The van der Waals surface area contributed by atoms with Gasteiger partial charge in [0.1, 0.15) is 6.04 Å². The van der Waals surface area contributed by atoms with Gasteiger partial charge in [-0.3, -0.25) is 19.7 Å². The predicted octanol–water partition coefficient (Wildman–Crippen LogP) is -0.0326. The third kappa shape index (κ3) is 2.76. The number of nitrogens with zero attached hydrogens (tertiary/aromatic N) is 2. The minimum atomic E-state index is -0.639. The molecule has 0 radical (unpaired) electrons. The average molecular weight is 277 g/mol. The van der Waals surface area contributed by atoms with Gasteiger partial charge in [0.05, 0.1) is 7.11 Å². The Hall–Kier alpha value is -2.44. The molecular formula is C13H15N3O4. The van der Waals surface area contributed by atoms with E-state index in [0.29, 0.717) is 17.9 Å². The van der Waals surface area contributed by atoms with Gasteiger partial charge < -0.3 is 9.64 Å². The summed E-state index contributed by atoms with van der Waals surface area (Å²) in [5, 5.41) is 2.23. The fourth-order valence-corrected chi connectivity index (χ4v) is 2.05. The summed E-state index contributed by atoms with van der Waals surface area (Å²) in [5.74, 6) is -0.747. The third-order valence-electron chi connectivity index (χ3n) is 3.19. The largest absolute Gasteiger partial charge is 0.481 e. The number of aromatic nitrogens is 1. The lowest BCUT2D eigenvalue weighted by Crippen LogP contribution is -2.52. The van der Waals surface area contributed by atoms with Gasteiger partial charge >= 0.3 is 0 Å². The molecule has 106 valence electrons. The summed E-state index contributed by atoms with van der Waals surface area (Å²) in [4.78, 5) is 40.4. The van der Waals surface area contributed by atoms with Crippen LogP contribution in [0, 0.1) is 0 Å². The van der Waals surface area contributed by atoms with Crippen LogP contribution in [0.25, 0.3) is 0 Å². The molecule has 1 aromatic heterocycles. The van der Waals surface area contributed by atoms with Crippen LogP contribution >= 0.6 is 0 Å². The first kappa shape index (κ1) is 14.0. The van der Waals surface area contributed by atoms with Crippen molar-refractivity contribution in [1.29, 1.82) is 0 Å². The highest BCUT2D eigenvalue weighted by atomic mass is 16.5. The van der Waals surface area contributed by atoms with Gasteiger partial charge in [-0.1, -0.05) is 0 Å². The number of nitrogens with one attached hydrogen (secondary N) is 1. The van der Waals surface area contributed by atoms with Crippen LogP contribution in [0.5, 0.6) is 5.88 Å². The fraction of sp³-hybridized carbons (Fsp3) is 0.385. The van der Waals surface area contributed by atoms with Crippen molar-refractivity contribution in [1.82, 2.24) is 15.2 Å². The van der Waals surface area contributed by atoms with E-state index >= 15 is 0 Å². The lowest BCUT2D eigenvalue weighted by molar-refractivity contribution is -0.136. The maximum atomic E-state index is 12.3. The van der Waals surface area contributed by atoms with E-state index < -0.39 is 11.9 Å². The molecule has 20 heavy (non-hydrogen) atoms. The molecular weight excluding hydrogens is 262 g/mol. The van der Waals surface area contributed by atoms with E-state index in [9.17, 15) is 14.4 Å². The van der Waals surface area contributed by atoms with Crippen LogP contribution < -0.4 is 10.1 Å². The first-order valence-electron chi connectivity index (χ1n) is 6.14. The van der Waals surface area contributed by atoms with E-state index in [1.54, 1.807) is 6.07 Å². The predicted molar refractivity (Wildman–Crippen MR) is 69.1 cm³/mol. The van der Waals surface area contributed by atoms with Crippen molar-refractivity contribution in [2.24, 2.45) is 0 Å². The van der Waals surface area contributed by atoms with Crippen molar-refractivity contribution < 1.29 is 19.1 Å². The quantitative estimate of drug-likeness (QED) is 0.784. The highest BCUT2D eigenvalue weighted by Gasteiger charge is 2.32. The summed E-state index contributed by atoms with van der Waals surface area (Å²) in [7, 11) is 3.00. The molecule has 1 atom stereocenters. The van der Waals surface area contributed by atoms with Gasteiger partial charge in [0.25, 0.3) is 5.91 Å². The molecule has 2 rings (SSSR count). The number of hydrogen-bond donors (Lipinski definition) is 1. The number of piperidine rings is 1. The van der Waals surface area contributed by atoms with E-state index in [2.05, 4.69) is 10.3 Å². The van der Waals surface area contributed by atoms with E-state index in [0.717, 1.165) is 0 Å². The minimum Gasteiger partial charge on any atom is -0.481 e. The number of carbonyl (C=O) groups is 3. The molecule has 1 aromatic rings. The molecule has 0 bridgehead atoms. The van der Waals surface area contributed by atoms with Crippen LogP contribution in [0.3, 0.4) is 0 Å².